The number of hydrogen-bond donors (Lipinski definition) is 1. The van der Waals surface area contributed by atoms with Crippen LogP contribution in [0.15, 0.2) is 6.33 Å². The monoisotopic (exact) mass is 242 g/mol. The van der Waals surface area contributed by atoms with Crippen molar-refractivity contribution in [1.82, 2.24) is 20.1 Å². The summed E-state index contributed by atoms with van der Waals surface area (Å²) in [5, 5.41) is 6.33. The van der Waals surface area contributed by atoms with Crippen LogP contribution in [0.2, 0.25) is 0 Å². The molecule has 6 nitrogen and oxygen atoms in total. The number of halogens is 1. The molecule has 0 spiro atoms. The van der Waals surface area contributed by atoms with E-state index in [1.165, 1.54) is 11.2 Å². The summed E-state index contributed by atoms with van der Waals surface area (Å²) in [6.07, 6.45) is -0.308. The Morgan fingerprint density at radius 1 is 1.71 bits per heavy atom. The first-order chi connectivity index (χ1) is 8.20. The van der Waals surface area contributed by atoms with Gasteiger partial charge in [0, 0.05) is 6.61 Å². The van der Waals surface area contributed by atoms with E-state index in [-0.39, 0.29) is 25.4 Å². The summed E-state index contributed by atoms with van der Waals surface area (Å²) >= 11 is 0. The van der Waals surface area contributed by atoms with E-state index in [4.69, 9.17) is 4.74 Å². The lowest BCUT2D eigenvalue weighted by Gasteiger charge is -2.33. The quantitative estimate of drug-likeness (QED) is 0.823. The molecule has 1 aliphatic rings. The summed E-state index contributed by atoms with van der Waals surface area (Å²) in [6, 6.07) is 0. The summed E-state index contributed by atoms with van der Waals surface area (Å²) in [7, 11) is 0. The first-order valence-corrected chi connectivity index (χ1v) is 5.58. The van der Waals surface area contributed by atoms with E-state index >= 15 is 0 Å². The third kappa shape index (κ3) is 2.79. The number of likely N-dealkylation sites (tertiary alicyclic amines) is 1. The maximum atomic E-state index is 13.7. The highest BCUT2D eigenvalue weighted by Crippen LogP contribution is 2.19. The van der Waals surface area contributed by atoms with Crippen LogP contribution in [0.4, 0.5) is 4.39 Å². The minimum atomic E-state index is -1.14. The van der Waals surface area contributed by atoms with Gasteiger partial charge >= 0.3 is 0 Å². The van der Waals surface area contributed by atoms with Gasteiger partial charge in [-0.1, -0.05) is 0 Å². The third-order valence-corrected chi connectivity index (χ3v) is 2.71. The summed E-state index contributed by atoms with van der Waals surface area (Å²) in [5.74, 6) is 0.439. The number of hydrogen-bond acceptors (Lipinski definition) is 4. The number of carbonyl (C=O) groups is 1. The lowest BCUT2D eigenvalue weighted by Crippen LogP contribution is -2.48. The molecule has 1 aliphatic heterocycles. The zero-order chi connectivity index (χ0) is 12.3. The molecule has 0 aromatic carbocycles. The first kappa shape index (κ1) is 12.0. The molecule has 94 valence electrons. The molecular weight excluding hydrogens is 227 g/mol. The number of aromatic amines is 1. The van der Waals surface area contributed by atoms with Crippen LogP contribution in [0.25, 0.3) is 0 Å². The highest BCUT2D eigenvalue weighted by molar-refractivity contribution is 5.77. The number of nitrogens with zero attached hydrogens (tertiary/aromatic N) is 3. The van der Waals surface area contributed by atoms with E-state index in [2.05, 4.69) is 15.2 Å². The number of piperidine rings is 1. The molecule has 0 aliphatic carbocycles. The van der Waals surface area contributed by atoms with Crippen LogP contribution in [-0.2, 0) is 16.1 Å². The van der Waals surface area contributed by atoms with Crippen molar-refractivity contribution in [3.05, 3.63) is 12.2 Å². The molecular formula is C10H15FN4O2. The molecule has 1 saturated heterocycles. The van der Waals surface area contributed by atoms with Gasteiger partial charge in [-0.3, -0.25) is 9.89 Å². The molecule has 1 aromatic rings. The van der Waals surface area contributed by atoms with Crippen molar-refractivity contribution in [3.63, 3.8) is 0 Å². The van der Waals surface area contributed by atoms with Crippen LogP contribution >= 0.6 is 0 Å². The smallest absolute Gasteiger partial charge is 0.225 e. The van der Waals surface area contributed by atoms with Gasteiger partial charge in [0.1, 0.15) is 18.3 Å². The van der Waals surface area contributed by atoms with Crippen LogP contribution in [0.1, 0.15) is 19.2 Å². The summed E-state index contributed by atoms with van der Waals surface area (Å²) in [4.78, 5) is 17.1. The van der Waals surface area contributed by atoms with Crippen molar-refractivity contribution in [2.24, 2.45) is 0 Å². The first-order valence-electron chi connectivity index (χ1n) is 5.58. The highest BCUT2D eigenvalue weighted by Gasteiger charge is 2.34. The Hall–Kier alpha value is -1.50. The van der Waals surface area contributed by atoms with E-state index in [9.17, 15) is 9.18 Å². The zero-order valence-corrected chi connectivity index (χ0v) is 9.60. The zero-order valence-electron chi connectivity index (χ0n) is 9.60. The SMILES string of the molecule is CCO[C@H]1CC(=O)N(Cc2ncn[nH]2)C[C@H]1F. The molecule has 1 fully saturated rings. The van der Waals surface area contributed by atoms with E-state index in [0.717, 1.165) is 0 Å². The van der Waals surface area contributed by atoms with Crippen molar-refractivity contribution in [1.29, 1.82) is 0 Å². The molecule has 17 heavy (non-hydrogen) atoms. The fourth-order valence-corrected chi connectivity index (χ4v) is 1.88. The molecule has 1 aromatic heterocycles. The predicted molar refractivity (Wildman–Crippen MR) is 56.7 cm³/mol. The van der Waals surface area contributed by atoms with Crippen LogP contribution in [0.3, 0.4) is 0 Å². The minimum Gasteiger partial charge on any atom is -0.375 e. The molecule has 0 unspecified atom stereocenters. The van der Waals surface area contributed by atoms with Crippen LogP contribution in [0, 0.1) is 0 Å². The largest absolute Gasteiger partial charge is 0.375 e. The van der Waals surface area contributed by atoms with Gasteiger partial charge in [-0.25, -0.2) is 9.37 Å². The Morgan fingerprint density at radius 2 is 2.53 bits per heavy atom. The molecule has 0 radical (unpaired) electrons. The van der Waals surface area contributed by atoms with E-state index in [0.29, 0.717) is 12.4 Å². The van der Waals surface area contributed by atoms with Gasteiger partial charge in [0.2, 0.25) is 5.91 Å². The molecule has 1 amide bonds. The maximum absolute atomic E-state index is 13.7. The van der Waals surface area contributed by atoms with Gasteiger partial charge < -0.3 is 9.64 Å². The summed E-state index contributed by atoms with van der Waals surface area (Å²) in [5.41, 5.74) is 0. The highest BCUT2D eigenvalue weighted by atomic mass is 19.1. The van der Waals surface area contributed by atoms with E-state index in [1.54, 1.807) is 6.92 Å². The molecule has 7 heteroatoms. The van der Waals surface area contributed by atoms with Gasteiger partial charge in [0.15, 0.2) is 0 Å². The van der Waals surface area contributed by atoms with Crippen LogP contribution in [-0.4, -0.2) is 51.4 Å². The van der Waals surface area contributed by atoms with Crippen molar-refractivity contribution in [2.75, 3.05) is 13.2 Å². The average Bonchev–Trinajstić information content (AvgIpc) is 2.78. The molecule has 2 atom stereocenters. The van der Waals surface area contributed by atoms with Crippen molar-refractivity contribution >= 4 is 5.91 Å². The Bertz CT molecular complexity index is 370. The topological polar surface area (TPSA) is 71.1 Å². The second-order valence-corrected chi connectivity index (χ2v) is 3.92. The molecule has 0 bridgehead atoms. The number of aromatic nitrogens is 3. The number of rotatable bonds is 4. The van der Waals surface area contributed by atoms with E-state index < -0.39 is 12.3 Å². The van der Waals surface area contributed by atoms with Crippen molar-refractivity contribution in [3.8, 4) is 0 Å². The van der Waals surface area contributed by atoms with Crippen molar-refractivity contribution < 1.29 is 13.9 Å². The van der Waals surface area contributed by atoms with Gasteiger partial charge in [-0.2, -0.15) is 5.10 Å². The van der Waals surface area contributed by atoms with E-state index in [1.807, 2.05) is 0 Å². The Labute approximate surface area is 98.2 Å². The minimum absolute atomic E-state index is 0.0458. The number of carbonyl (C=O) groups excluding carboxylic acids is 1. The van der Waals surface area contributed by atoms with Gasteiger partial charge in [-0.05, 0) is 6.92 Å². The fraction of sp³-hybridized carbons (Fsp3) is 0.700. The van der Waals surface area contributed by atoms with Gasteiger partial charge in [-0.15, -0.1) is 0 Å². The summed E-state index contributed by atoms with van der Waals surface area (Å²) in [6.45, 7) is 2.51. The number of amides is 1. The lowest BCUT2D eigenvalue weighted by molar-refractivity contribution is -0.145. The normalized spacial score (nSPS) is 25.3. The Morgan fingerprint density at radius 3 is 3.18 bits per heavy atom. The molecule has 2 rings (SSSR count). The second kappa shape index (κ2) is 5.22. The molecule has 0 saturated carbocycles. The number of nitrogens with one attached hydrogen (secondary N) is 1. The van der Waals surface area contributed by atoms with Crippen LogP contribution < -0.4 is 0 Å². The van der Waals surface area contributed by atoms with Gasteiger partial charge in [0.05, 0.1) is 25.6 Å². The second-order valence-electron chi connectivity index (χ2n) is 3.92. The molecule has 1 N–H and O–H groups in total. The fourth-order valence-electron chi connectivity index (χ4n) is 1.88. The lowest BCUT2D eigenvalue weighted by atomic mass is 10.1. The predicted octanol–water partition coefficient (Wildman–Crippen LogP) is 0.280. The molecule has 2 heterocycles. The number of ether oxygens (including phenoxy) is 1. The number of H-pyrrole nitrogens is 1. The maximum Gasteiger partial charge on any atom is 0.225 e. The van der Waals surface area contributed by atoms with Crippen molar-refractivity contribution in [2.45, 2.75) is 32.2 Å². The standard InChI is InChI=1S/C10H15FN4O2/c1-2-17-8-3-10(16)15(4-7(8)11)5-9-12-6-13-14-9/h6-8H,2-5H2,1H3,(H,12,13,14)/t7-,8+/m1/s1. The Balaban J connectivity index is 1.95. The summed E-state index contributed by atoms with van der Waals surface area (Å²) < 4.78 is 18.9. The van der Waals surface area contributed by atoms with Crippen LogP contribution in [0.5, 0.6) is 0 Å². The Kier molecular flexibility index (Phi) is 3.68. The third-order valence-electron chi connectivity index (χ3n) is 2.71. The average molecular weight is 242 g/mol. The van der Waals surface area contributed by atoms with Gasteiger partial charge in [0.25, 0.3) is 0 Å². The number of alkyl halides is 1.